The first-order chi connectivity index (χ1) is 13.1. The highest BCUT2D eigenvalue weighted by Gasteiger charge is 2.29. The molecule has 140 valence electrons. The van der Waals surface area contributed by atoms with Gasteiger partial charge in [-0.3, -0.25) is 14.7 Å². The predicted molar refractivity (Wildman–Crippen MR) is 98.4 cm³/mol. The molecular weight excluding hydrogens is 346 g/mol. The number of nitrogens with one attached hydrogen (secondary N) is 1. The summed E-state index contributed by atoms with van der Waals surface area (Å²) in [5.74, 6) is -0.724. The van der Waals surface area contributed by atoms with Crippen LogP contribution in [0.3, 0.4) is 0 Å². The van der Waals surface area contributed by atoms with Crippen molar-refractivity contribution in [2.24, 2.45) is 0 Å². The summed E-state index contributed by atoms with van der Waals surface area (Å²) in [7, 11) is 0. The molecular formula is C20H21N3O4. The van der Waals surface area contributed by atoms with Gasteiger partial charge in [-0.05, 0) is 37.3 Å². The number of carbonyl (C=O) groups is 3. The number of benzene rings is 1. The number of hydrogen-bond donors (Lipinski definition) is 1. The molecule has 3 amide bonds. The summed E-state index contributed by atoms with van der Waals surface area (Å²) in [6.07, 6.45) is 4.88. The molecule has 2 aliphatic rings. The number of aromatic nitrogens is 1. The number of rotatable bonds is 4. The smallest absolute Gasteiger partial charge is 0.339 e. The van der Waals surface area contributed by atoms with Crippen LogP contribution in [0.5, 0.6) is 0 Å². The molecule has 2 heterocycles. The van der Waals surface area contributed by atoms with Gasteiger partial charge in [-0.2, -0.15) is 0 Å². The molecule has 1 fully saturated rings. The second-order valence-corrected chi connectivity index (χ2v) is 6.83. The Hall–Kier alpha value is -2.96. The first kappa shape index (κ1) is 17.5. The zero-order valence-corrected chi connectivity index (χ0v) is 15.0. The first-order valence-electron chi connectivity index (χ1n) is 9.31. The lowest BCUT2D eigenvalue weighted by atomic mass is 9.97. The standard InChI is InChI=1S/C20H21N3O4/c24-17-12-21-20(26)23(17)10-11-27-19(25)18-13-6-2-1-3-8-15(13)22-16-9-5-4-7-14(16)18/h4-5,7,9H,1-3,6,8,10-12H2,(H,21,26). The van der Waals surface area contributed by atoms with Gasteiger partial charge in [-0.1, -0.05) is 24.6 Å². The van der Waals surface area contributed by atoms with Crippen molar-refractivity contribution in [3.05, 3.63) is 41.1 Å². The van der Waals surface area contributed by atoms with Crippen molar-refractivity contribution in [3.63, 3.8) is 0 Å². The molecule has 1 aliphatic carbocycles. The van der Waals surface area contributed by atoms with Gasteiger partial charge in [0.25, 0.3) is 0 Å². The summed E-state index contributed by atoms with van der Waals surface area (Å²) in [6.45, 7) is 0.0281. The molecule has 0 atom stereocenters. The predicted octanol–water partition coefficient (Wildman–Crippen LogP) is 2.21. The number of aryl methyl sites for hydroxylation is 1. The molecule has 1 aromatic heterocycles. The quantitative estimate of drug-likeness (QED) is 0.508. The Balaban J connectivity index is 1.60. The number of nitrogens with zero attached hydrogens (tertiary/aromatic N) is 2. The van der Waals surface area contributed by atoms with Crippen LogP contribution in [0, 0.1) is 0 Å². The Labute approximate surface area is 156 Å². The molecule has 1 aromatic carbocycles. The van der Waals surface area contributed by atoms with Gasteiger partial charge in [0.15, 0.2) is 0 Å². The largest absolute Gasteiger partial charge is 0.460 e. The van der Waals surface area contributed by atoms with Crippen LogP contribution < -0.4 is 5.32 Å². The van der Waals surface area contributed by atoms with E-state index in [1.165, 1.54) is 0 Å². The Morgan fingerprint density at radius 1 is 1.15 bits per heavy atom. The van der Waals surface area contributed by atoms with E-state index in [0.29, 0.717) is 5.56 Å². The zero-order valence-electron chi connectivity index (χ0n) is 15.0. The van der Waals surface area contributed by atoms with E-state index in [9.17, 15) is 14.4 Å². The fourth-order valence-electron chi connectivity index (χ4n) is 3.77. The molecule has 0 saturated carbocycles. The van der Waals surface area contributed by atoms with Crippen molar-refractivity contribution in [2.75, 3.05) is 19.7 Å². The highest BCUT2D eigenvalue weighted by molar-refractivity contribution is 6.05. The molecule has 27 heavy (non-hydrogen) atoms. The number of amides is 3. The molecule has 0 bridgehead atoms. The van der Waals surface area contributed by atoms with Crippen LogP contribution in [0.4, 0.5) is 4.79 Å². The number of pyridine rings is 1. The van der Waals surface area contributed by atoms with Gasteiger partial charge in [-0.15, -0.1) is 0 Å². The third-order valence-electron chi connectivity index (χ3n) is 5.11. The normalized spacial score (nSPS) is 16.8. The molecule has 0 radical (unpaired) electrons. The van der Waals surface area contributed by atoms with Crippen molar-refractivity contribution in [1.29, 1.82) is 0 Å². The second-order valence-electron chi connectivity index (χ2n) is 6.83. The average molecular weight is 367 g/mol. The van der Waals surface area contributed by atoms with Crippen LogP contribution in [-0.4, -0.2) is 47.5 Å². The third kappa shape index (κ3) is 3.37. The molecule has 0 spiro atoms. The summed E-state index contributed by atoms with van der Waals surface area (Å²) >= 11 is 0. The lowest BCUT2D eigenvalue weighted by molar-refractivity contribution is -0.125. The minimum atomic E-state index is -0.445. The third-order valence-corrected chi connectivity index (χ3v) is 5.11. The van der Waals surface area contributed by atoms with E-state index in [-0.39, 0.29) is 25.6 Å². The van der Waals surface area contributed by atoms with E-state index >= 15 is 0 Å². The van der Waals surface area contributed by atoms with E-state index in [0.717, 1.165) is 59.2 Å². The molecule has 4 rings (SSSR count). The molecule has 1 saturated heterocycles. The van der Waals surface area contributed by atoms with Crippen molar-refractivity contribution in [1.82, 2.24) is 15.2 Å². The van der Waals surface area contributed by atoms with Gasteiger partial charge in [-0.25, -0.2) is 9.59 Å². The summed E-state index contributed by atoms with van der Waals surface area (Å²) in [5, 5.41) is 3.24. The SMILES string of the molecule is O=C(OCCN1C(=O)CNC1=O)c1c2c(nc3ccccc13)CCCCC2. The molecule has 7 heteroatoms. The number of ether oxygens (including phenoxy) is 1. The van der Waals surface area contributed by atoms with Gasteiger partial charge in [0.05, 0.1) is 24.2 Å². The maximum absolute atomic E-state index is 12.9. The molecule has 1 aliphatic heterocycles. The molecule has 7 nitrogen and oxygen atoms in total. The topological polar surface area (TPSA) is 88.6 Å². The fraction of sp³-hybridized carbons (Fsp3) is 0.400. The van der Waals surface area contributed by atoms with Gasteiger partial charge in [0.1, 0.15) is 6.61 Å². The monoisotopic (exact) mass is 367 g/mol. The van der Waals surface area contributed by atoms with Gasteiger partial charge >= 0.3 is 12.0 Å². The van der Waals surface area contributed by atoms with Crippen molar-refractivity contribution >= 4 is 28.8 Å². The molecule has 1 N–H and O–H groups in total. The number of fused-ring (bicyclic) bond motifs is 2. The van der Waals surface area contributed by atoms with Gasteiger partial charge in [0.2, 0.25) is 5.91 Å². The highest BCUT2D eigenvalue weighted by Crippen LogP contribution is 2.29. The van der Waals surface area contributed by atoms with Gasteiger partial charge in [0, 0.05) is 11.1 Å². The molecule has 0 unspecified atom stereocenters. The van der Waals surface area contributed by atoms with Crippen molar-refractivity contribution in [3.8, 4) is 0 Å². The summed E-state index contributed by atoms with van der Waals surface area (Å²) in [6, 6.07) is 7.15. The maximum atomic E-state index is 12.9. The van der Waals surface area contributed by atoms with Crippen LogP contribution in [0.15, 0.2) is 24.3 Å². The van der Waals surface area contributed by atoms with E-state index in [1.54, 1.807) is 0 Å². The van der Waals surface area contributed by atoms with E-state index in [1.807, 2.05) is 24.3 Å². The molecule has 2 aromatic rings. The van der Waals surface area contributed by atoms with Crippen LogP contribution in [0.2, 0.25) is 0 Å². The highest BCUT2D eigenvalue weighted by atomic mass is 16.5. The summed E-state index contributed by atoms with van der Waals surface area (Å²) < 4.78 is 5.46. The summed E-state index contributed by atoms with van der Waals surface area (Å²) in [5.41, 5.74) is 3.33. The lowest BCUT2D eigenvalue weighted by Crippen LogP contribution is -2.34. The van der Waals surface area contributed by atoms with E-state index < -0.39 is 12.0 Å². The van der Waals surface area contributed by atoms with Crippen LogP contribution >= 0.6 is 0 Å². The summed E-state index contributed by atoms with van der Waals surface area (Å²) in [4.78, 5) is 42.0. The van der Waals surface area contributed by atoms with Crippen molar-refractivity contribution in [2.45, 2.75) is 32.1 Å². The number of carbonyl (C=O) groups excluding carboxylic acids is 3. The van der Waals surface area contributed by atoms with Crippen LogP contribution in [0.25, 0.3) is 10.9 Å². The fourth-order valence-corrected chi connectivity index (χ4v) is 3.77. The Bertz CT molecular complexity index is 909. The maximum Gasteiger partial charge on any atom is 0.339 e. The Morgan fingerprint density at radius 3 is 2.78 bits per heavy atom. The number of para-hydroxylation sites is 1. The minimum absolute atomic E-state index is 0.00468. The van der Waals surface area contributed by atoms with Gasteiger partial charge < -0.3 is 10.1 Å². The lowest BCUT2D eigenvalue weighted by Gasteiger charge is -2.16. The first-order valence-corrected chi connectivity index (χ1v) is 9.31. The second kappa shape index (κ2) is 7.34. The number of urea groups is 1. The van der Waals surface area contributed by atoms with Crippen LogP contribution in [-0.2, 0) is 22.4 Å². The number of hydrogen-bond acceptors (Lipinski definition) is 5. The number of esters is 1. The Kier molecular flexibility index (Phi) is 4.75. The van der Waals surface area contributed by atoms with Crippen LogP contribution in [0.1, 0.15) is 40.9 Å². The number of imide groups is 1. The van der Waals surface area contributed by atoms with E-state index in [4.69, 9.17) is 9.72 Å². The average Bonchev–Trinajstić information content (AvgIpc) is 2.86. The zero-order chi connectivity index (χ0) is 18.8. The minimum Gasteiger partial charge on any atom is -0.460 e. The Morgan fingerprint density at radius 2 is 1.96 bits per heavy atom. The van der Waals surface area contributed by atoms with Crippen molar-refractivity contribution < 1.29 is 19.1 Å². The van der Waals surface area contributed by atoms with E-state index in [2.05, 4.69) is 5.32 Å².